The fraction of sp³-hybridized carbons (Fsp3) is 0.636. The monoisotopic (exact) mass is 252 g/mol. The zero-order valence-corrected chi connectivity index (χ0v) is 9.83. The summed E-state index contributed by atoms with van der Waals surface area (Å²) in [5.41, 5.74) is 1.92. The van der Waals surface area contributed by atoms with E-state index in [9.17, 15) is 15.0 Å². The van der Waals surface area contributed by atoms with Gasteiger partial charge in [-0.2, -0.15) is 0 Å². The van der Waals surface area contributed by atoms with Crippen molar-refractivity contribution in [1.82, 2.24) is 20.2 Å². The lowest BCUT2D eigenvalue weighted by molar-refractivity contribution is -0.133. The minimum Gasteiger partial charge on any atom is -0.388 e. The van der Waals surface area contributed by atoms with Crippen LogP contribution in [0.4, 0.5) is 0 Å². The van der Waals surface area contributed by atoms with Gasteiger partial charge in [0.15, 0.2) is 0 Å². The molecule has 1 saturated heterocycles. The third-order valence-corrected chi connectivity index (χ3v) is 3.60. The predicted octanol–water partition coefficient (Wildman–Crippen LogP) is -2.01. The highest BCUT2D eigenvalue weighted by molar-refractivity contribution is 5.82. The van der Waals surface area contributed by atoms with Crippen LogP contribution >= 0.6 is 0 Å². The molecule has 3 unspecified atom stereocenters. The van der Waals surface area contributed by atoms with Crippen LogP contribution in [0.5, 0.6) is 0 Å². The van der Waals surface area contributed by atoms with Gasteiger partial charge in [-0.05, 0) is 0 Å². The molecule has 4 N–H and O–H groups in total. The highest BCUT2D eigenvalue weighted by Crippen LogP contribution is 2.17. The molecule has 0 spiro atoms. The Hall–Kier alpha value is -1.44. The topological polar surface area (TPSA) is 101 Å². The SMILES string of the molecule is O=C(C1Cc2nc[nH]c2CN1)N1CC(O)C(O)C1. The van der Waals surface area contributed by atoms with Gasteiger partial charge in [0.1, 0.15) is 0 Å². The Balaban J connectivity index is 1.68. The molecule has 7 heteroatoms. The third kappa shape index (κ3) is 1.90. The molecule has 0 bridgehead atoms. The molecule has 0 aromatic carbocycles. The summed E-state index contributed by atoms with van der Waals surface area (Å²) >= 11 is 0. The lowest BCUT2D eigenvalue weighted by atomic mass is 10.0. The number of aromatic nitrogens is 2. The predicted molar refractivity (Wildman–Crippen MR) is 61.5 cm³/mol. The number of amides is 1. The number of carbonyl (C=O) groups excluding carboxylic acids is 1. The van der Waals surface area contributed by atoms with Crippen molar-refractivity contribution in [3.05, 3.63) is 17.7 Å². The number of fused-ring (bicyclic) bond motifs is 1. The Morgan fingerprint density at radius 3 is 2.83 bits per heavy atom. The highest BCUT2D eigenvalue weighted by atomic mass is 16.3. The molecule has 1 aromatic rings. The van der Waals surface area contributed by atoms with Gasteiger partial charge in [0.2, 0.25) is 5.91 Å². The normalized spacial score (nSPS) is 31.4. The average Bonchev–Trinajstić information content (AvgIpc) is 2.95. The Morgan fingerprint density at radius 1 is 1.39 bits per heavy atom. The van der Waals surface area contributed by atoms with Gasteiger partial charge in [-0.15, -0.1) is 0 Å². The van der Waals surface area contributed by atoms with E-state index in [0.717, 1.165) is 11.4 Å². The summed E-state index contributed by atoms with van der Waals surface area (Å²) in [5.74, 6) is -0.0840. The molecular weight excluding hydrogens is 236 g/mol. The van der Waals surface area contributed by atoms with E-state index >= 15 is 0 Å². The van der Waals surface area contributed by atoms with Crippen molar-refractivity contribution in [3.8, 4) is 0 Å². The Morgan fingerprint density at radius 2 is 2.11 bits per heavy atom. The van der Waals surface area contributed by atoms with E-state index in [0.29, 0.717) is 13.0 Å². The van der Waals surface area contributed by atoms with E-state index in [1.807, 2.05) is 0 Å². The molecule has 2 aliphatic rings. The molecule has 3 atom stereocenters. The van der Waals surface area contributed by atoms with Crippen molar-refractivity contribution in [2.45, 2.75) is 31.2 Å². The average molecular weight is 252 g/mol. The van der Waals surface area contributed by atoms with Crippen LogP contribution in [0.25, 0.3) is 0 Å². The quantitative estimate of drug-likeness (QED) is 0.462. The summed E-state index contributed by atoms with van der Waals surface area (Å²) in [6.45, 7) is 0.988. The second-order valence-electron chi connectivity index (χ2n) is 4.84. The first-order valence-corrected chi connectivity index (χ1v) is 6.04. The standard InChI is InChI=1S/C11H16N4O3/c16-9-3-15(4-10(9)17)11(18)7-1-6-8(2-12-7)14-5-13-6/h5,7,9-10,12,16-17H,1-4H2,(H,13,14). The smallest absolute Gasteiger partial charge is 0.240 e. The summed E-state index contributed by atoms with van der Waals surface area (Å²) < 4.78 is 0. The van der Waals surface area contributed by atoms with Gasteiger partial charge in [-0.25, -0.2) is 4.98 Å². The number of hydrogen-bond donors (Lipinski definition) is 4. The van der Waals surface area contributed by atoms with Crippen LogP contribution in [-0.4, -0.2) is 62.3 Å². The van der Waals surface area contributed by atoms with Crippen LogP contribution in [-0.2, 0) is 17.8 Å². The molecule has 1 amide bonds. The van der Waals surface area contributed by atoms with Gasteiger partial charge in [0, 0.05) is 26.1 Å². The second kappa shape index (κ2) is 4.34. The fourth-order valence-electron chi connectivity index (χ4n) is 2.51. The lowest BCUT2D eigenvalue weighted by Gasteiger charge is -2.26. The number of hydrogen-bond acceptors (Lipinski definition) is 5. The van der Waals surface area contributed by atoms with E-state index in [2.05, 4.69) is 15.3 Å². The molecule has 98 valence electrons. The van der Waals surface area contributed by atoms with Gasteiger partial charge < -0.3 is 20.1 Å². The molecule has 0 aliphatic carbocycles. The summed E-state index contributed by atoms with van der Waals surface area (Å²) in [4.78, 5) is 20.9. The number of β-amino-alcohol motifs (C(OH)–C–C–N with tert-alkyl or cyclic N) is 2. The van der Waals surface area contributed by atoms with E-state index in [1.54, 1.807) is 6.33 Å². The van der Waals surface area contributed by atoms with E-state index < -0.39 is 12.2 Å². The lowest BCUT2D eigenvalue weighted by Crippen LogP contribution is -2.49. The molecular formula is C11H16N4O3. The van der Waals surface area contributed by atoms with Crippen LogP contribution in [0.1, 0.15) is 11.4 Å². The molecule has 1 aromatic heterocycles. The molecule has 18 heavy (non-hydrogen) atoms. The van der Waals surface area contributed by atoms with Crippen molar-refractivity contribution >= 4 is 5.91 Å². The zero-order chi connectivity index (χ0) is 12.7. The Labute approximate surface area is 104 Å². The molecule has 3 rings (SSSR count). The maximum atomic E-state index is 12.2. The van der Waals surface area contributed by atoms with Gasteiger partial charge in [-0.3, -0.25) is 10.1 Å². The number of nitrogens with one attached hydrogen (secondary N) is 2. The van der Waals surface area contributed by atoms with E-state index in [4.69, 9.17) is 0 Å². The Bertz CT molecular complexity index is 451. The number of nitrogens with zero attached hydrogens (tertiary/aromatic N) is 2. The maximum absolute atomic E-state index is 12.2. The molecule has 0 radical (unpaired) electrons. The van der Waals surface area contributed by atoms with Crippen molar-refractivity contribution < 1.29 is 15.0 Å². The molecule has 3 heterocycles. The van der Waals surface area contributed by atoms with Gasteiger partial charge in [-0.1, -0.05) is 0 Å². The van der Waals surface area contributed by atoms with Crippen LogP contribution in [0.2, 0.25) is 0 Å². The molecule has 2 aliphatic heterocycles. The summed E-state index contributed by atoms with van der Waals surface area (Å²) in [6, 6.07) is -0.321. The fourth-order valence-corrected chi connectivity index (χ4v) is 2.51. The number of aliphatic hydroxyl groups excluding tert-OH is 2. The number of H-pyrrole nitrogens is 1. The summed E-state index contributed by atoms with van der Waals surface area (Å²) in [6.07, 6.45) is 0.500. The highest BCUT2D eigenvalue weighted by Gasteiger charge is 2.36. The third-order valence-electron chi connectivity index (χ3n) is 3.60. The minimum atomic E-state index is -0.835. The van der Waals surface area contributed by atoms with Crippen LogP contribution in [0, 0.1) is 0 Å². The van der Waals surface area contributed by atoms with Crippen molar-refractivity contribution in [2.75, 3.05) is 13.1 Å². The first-order valence-electron chi connectivity index (χ1n) is 6.04. The van der Waals surface area contributed by atoms with Crippen molar-refractivity contribution in [2.24, 2.45) is 0 Å². The van der Waals surface area contributed by atoms with Crippen LogP contribution in [0.3, 0.4) is 0 Å². The number of likely N-dealkylation sites (tertiary alicyclic amines) is 1. The van der Waals surface area contributed by atoms with Crippen molar-refractivity contribution in [1.29, 1.82) is 0 Å². The number of aliphatic hydroxyl groups is 2. The Kier molecular flexibility index (Phi) is 2.81. The van der Waals surface area contributed by atoms with Gasteiger partial charge in [0.25, 0.3) is 0 Å². The molecule has 1 fully saturated rings. The summed E-state index contributed by atoms with van der Waals surface area (Å²) in [7, 11) is 0. The number of rotatable bonds is 1. The van der Waals surface area contributed by atoms with Gasteiger partial charge >= 0.3 is 0 Å². The van der Waals surface area contributed by atoms with E-state index in [1.165, 1.54) is 4.90 Å². The van der Waals surface area contributed by atoms with Crippen molar-refractivity contribution in [3.63, 3.8) is 0 Å². The first kappa shape index (κ1) is 11.6. The second-order valence-corrected chi connectivity index (χ2v) is 4.84. The summed E-state index contributed by atoms with van der Waals surface area (Å²) in [5, 5.41) is 22.1. The van der Waals surface area contributed by atoms with Crippen LogP contribution < -0.4 is 5.32 Å². The molecule has 0 saturated carbocycles. The largest absolute Gasteiger partial charge is 0.388 e. The number of aromatic amines is 1. The minimum absolute atomic E-state index is 0.0840. The first-order chi connectivity index (χ1) is 8.65. The van der Waals surface area contributed by atoms with E-state index in [-0.39, 0.29) is 25.0 Å². The number of imidazole rings is 1. The van der Waals surface area contributed by atoms with Crippen LogP contribution in [0.15, 0.2) is 6.33 Å². The number of carbonyl (C=O) groups is 1. The molecule has 7 nitrogen and oxygen atoms in total. The zero-order valence-electron chi connectivity index (χ0n) is 9.83. The van der Waals surface area contributed by atoms with Gasteiger partial charge in [0.05, 0.1) is 36.0 Å². The maximum Gasteiger partial charge on any atom is 0.240 e.